The molecule has 192 valence electrons. The number of ketones is 1. The van der Waals surface area contributed by atoms with Gasteiger partial charge in [0, 0.05) is 34.5 Å². The minimum Gasteiger partial charge on any atom is -0.423 e. The summed E-state index contributed by atoms with van der Waals surface area (Å²) in [4.78, 5) is 62.4. The van der Waals surface area contributed by atoms with Gasteiger partial charge in [0.25, 0.3) is 17.7 Å². The second-order valence-corrected chi connectivity index (χ2v) is 9.06. The molecule has 0 radical (unpaired) electrons. The van der Waals surface area contributed by atoms with Crippen LogP contribution in [0.4, 0.5) is 11.4 Å². The Balaban J connectivity index is 1.26. The van der Waals surface area contributed by atoms with Gasteiger partial charge in [0.15, 0.2) is 5.78 Å². The maximum atomic E-state index is 12.9. The average molecular weight is 519 g/mol. The number of imide groups is 1. The molecule has 5 rings (SSSR count). The fourth-order valence-electron chi connectivity index (χ4n) is 4.19. The summed E-state index contributed by atoms with van der Waals surface area (Å²) in [6.45, 7) is 3.07. The van der Waals surface area contributed by atoms with Crippen LogP contribution >= 0.6 is 0 Å². The summed E-state index contributed by atoms with van der Waals surface area (Å²) in [5.41, 5.74) is 2.39. The molecule has 3 amide bonds. The molecule has 4 aromatic rings. The maximum absolute atomic E-state index is 12.9. The highest BCUT2D eigenvalue weighted by Crippen LogP contribution is 2.25. The third kappa shape index (κ3) is 5.21. The smallest absolute Gasteiger partial charge is 0.343 e. The predicted octanol–water partition coefficient (Wildman–Crippen LogP) is 5.33. The molecule has 0 atom stereocenters. The van der Waals surface area contributed by atoms with E-state index in [4.69, 9.17) is 4.74 Å². The summed E-state index contributed by atoms with van der Waals surface area (Å²) < 4.78 is 5.47. The fraction of sp³-hybridized carbons (Fsp3) is 0.0645. The van der Waals surface area contributed by atoms with E-state index in [0.717, 1.165) is 15.7 Å². The predicted molar refractivity (Wildman–Crippen MR) is 146 cm³/mol. The number of ether oxygens (including phenoxy) is 1. The number of esters is 1. The van der Waals surface area contributed by atoms with Gasteiger partial charge in [0.1, 0.15) is 5.75 Å². The van der Waals surface area contributed by atoms with E-state index in [2.05, 4.69) is 5.32 Å². The van der Waals surface area contributed by atoms with E-state index in [0.29, 0.717) is 28.1 Å². The number of carbonyl (C=O) groups is 5. The number of amides is 3. The van der Waals surface area contributed by atoms with E-state index in [1.54, 1.807) is 61.5 Å². The molecule has 1 N–H and O–H groups in total. The molecule has 0 spiro atoms. The van der Waals surface area contributed by atoms with E-state index < -0.39 is 17.8 Å². The number of hydrogen-bond donors (Lipinski definition) is 1. The molecule has 4 aromatic carbocycles. The number of nitrogens with one attached hydrogen (secondary N) is 1. The van der Waals surface area contributed by atoms with Crippen molar-refractivity contribution < 1.29 is 28.7 Å². The molecular formula is C31H22N2O6. The molecule has 1 aliphatic rings. The Hall–Kier alpha value is -5.37. The SMILES string of the molecule is CC(=O)c1ccc2cc(C(=O)Nc3cccc(OC(=O)c4ccc(N5C(=O)C=C(C)C5=O)cc4)c3)ccc2c1. The molecule has 39 heavy (non-hydrogen) atoms. The lowest BCUT2D eigenvalue weighted by molar-refractivity contribution is -0.120. The lowest BCUT2D eigenvalue weighted by atomic mass is 10.0. The summed E-state index contributed by atoms with van der Waals surface area (Å²) >= 11 is 0. The fourth-order valence-corrected chi connectivity index (χ4v) is 4.19. The number of fused-ring (bicyclic) bond motifs is 1. The molecule has 0 unspecified atom stereocenters. The number of Topliss-reactive ketones (excluding diaryl/α,β-unsaturated/α-hetero) is 1. The summed E-state index contributed by atoms with van der Waals surface area (Å²) in [5.74, 6) is -1.63. The van der Waals surface area contributed by atoms with Gasteiger partial charge in [0.05, 0.1) is 11.3 Å². The van der Waals surface area contributed by atoms with Crippen molar-refractivity contribution >= 4 is 51.6 Å². The zero-order valence-corrected chi connectivity index (χ0v) is 21.1. The minimum atomic E-state index is -0.641. The van der Waals surface area contributed by atoms with Crippen LogP contribution in [0.3, 0.4) is 0 Å². The van der Waals surface area contributed by atoms with Crippen molar-refractivity contribution in [3.05, 3.63) is 113 Å². The van der Waals surface area contributed by atoms with Crippen LogP contribution in [0, 0.1) is 0 Å². The van der Waals surface area contributed by atoms with Crippen molar-refractivity contribution in [2.45, 2.75) is 13.8 Å². The second-order valence-electron chi connectivity index (χ2n) is 9.06. The first kappa shape index (κ1) is 25.3. The Bertz CT molecular complexity index is 1720. The first-order valence-electron chi connectivity index (χ1n) is 12.0. The molecule has 1 aliphatic heterocycles. The Morgan fingerprint density at radius 2 is 1.41 bits per heavy atom. The highest BCUT2D eigenvalue weighted by Gasteiger charge is 2.29. The topological polar surface area (TPSA) is 110 Å². The Morgan fingerprint density at radius 3 is 2.05 bits per heavy atom. The average Bonchev–Trinajstić information content (AvgIpc) is 3.18. The molecule has 0 bridgehead atoms. The maximum Gasteiger partial charge on any atom is 0.343 e. The molecule has 0 aliphatic carbocycles. The van der Waals surface area contributed by atoms with Gasteiger partial charge in [-0.1, -0.05) is 24.3 Å². The summed E-state index contributed by atoms with van der Waals surface area (Å²) in [5, 5.41) is 4.48. The normalized spacial score (nSPS) is 12.9. The second kappa shape index (κ2) is 10.2. The molecule has 8 heteroatoms. The minimum absolute atomic E-state index is 0.0287. The van der Waals surface area contributed by atoms with Crippen molar-refractivity contribution in [3.8, 4) is 5.75 Å². The number of anilines is 2. The van der Waals surface area contributed by atoms with Gasteiger partial charge in [0.2, 0.25) is 0 Å². The van der Waals surface area contributed by atoms with Crippen LogP contribution in [0.1, 0.15) is 44.9 Å². The summed E-state index contributed by atoms with van der Waals surface area (Å²) in [7, 11) is 0. The van der Waals surface area contributed by atoms with Crippen molar-refractivity contribution in [2.75, 3.05) is 10.2 Å². The molecular weight excluding hydrogens is 496 g/mol. The van der Waals surface area contributed by atoms with Crippen LogP contribution in [0.15, 0.2) is 96.6 Å². The van der Waals surface area contributed by atoms with E-state index >= 15 is 0 Å². The molecule has 1 heterocycles. The largest absolute Gasteiger partial charge is 0.423 e. The number of hydrogen-bond acceptors (Lipinski definition) is 6. The molecule has 0 saturated carbocycles. The van der Waals surface area contributed by atoms with Crippen LogP contribution in [0.25, 0.3) is 10.8 Å². The monoisotopic (exact) mass is 518 g/mol. The standard InChI is InChI=1S/C31H22N2O6/c1-18-14-28(35)33(30(18)37)26-12-10-20(11-13-26)31(38)39-27-5-3-4-25(17-27)32-29(36)24-9-8-22-15-21(19(2)34)6-7-23(22)16-24/h3-17H,1-2H3,(H,32,36). The van der Waals surface area contributed by atoms with Crippen molar-refractivity contribution in [2.24, 2.45) is 0 Å². The van der Waals surface area contributed by atoms with E-state index in [1.807, 2.05) is 0 Å². The van der Waals surface area contributed by atoms with Crippen molar-refractivity contribution in [1.82, 2.24) is 0 Å². The van der Waals surface area contributed by atoms with Gasteiger partial charge in [-0.2, -0.15) is 0 Å². The number of carbonyl (C=O) groups excluding carboxylic acids is 5. The van der Waals surface area contributed by atoms with E-state index in [1.165, 1.54) is 43.3 Å². The van der Waals surface area contributed by atoms with Crippen LogP contribution < -0.4 is 15.0 Å². The molecule has 0 aromatic heterocycles. The quantitative estimate of drug-likeness (QED) is 0.160. The lowest BCUT2D eigenvalue weighted by Crippen LogP contribution is -2.30. The van der Waals surface area contributed by atoms with Gasteiger partial charge in [-0.05, 0) is 79.2 Å². The summed E-state index contributed by atoms with van der Waals surface area (Å²) in [6, 6.07) is 22.9. The Morgan fingerprint density at radius 1 is 0.769 bits per heavy atom. The van der Waals surface area contributed by atoms with Crippen molar-refractivity contribution in [1.29, 1.82) is 0 Å². The van der Waals surface area contributed by atoms with Crippen LogP contribution in [-0.2, 0) is 9.59 Å². The molecule has 0 saturated heterocycles. The summed E-state index contributed by atoms with van der Waals surface area (Å²) in [6.07, 6.45) is 1.27. The zero-order chi connectivity index (χ0) is 27.7. The van der Waals surface area contributed by atoms with E-state index in [9.17, 15) is 24.0 Å². The van der Waals surface area contributed by atoms with Crippen LogP contribution in [0.5, 0.6) is 5.75 Å². The van der Waals surface area contributed by atoms with Gasteiger partial charge in [-0.15, -0.1) is 0 Å². The first-order valence-corrected chi connectivity index (χ1v) is 12.0. The van der Waals surface area contributed by atoms with Gasteiger partial charge >= 0.3 is 5.97 Å². The van der Waals surface area contributed by atoms with Gasteiger partial charge in [-0.3, -0.25) is 19.2 Å². The van der Waals surface area contributed by atoms with Gasteiger partial charge < -0.3 is 10.1 Å². The Kier molecular flexibility index (Phi) is 6.60. The van der Waals surface area contributed by atoms with Gasteiger partial charge in [-0.25, -0.2) is 9.69 Å². The Labute approximate surface area is 223 Å². The third-order valence-corrected chi connectivity index (χ3v) is 6.27. The van der Waals surface area contributed by atoms with Crippen LogP contribution in [-0.4, -0.2) is 29.5 Å². The highest BCUT2D eigenvalue weighted by molar-refractivity contribution is 6.30. The van der Waals surface area contributed by atoms with Crippen LogP contribution in [0.2, 0.25) is 0 Å². The molecule has 8 nitrogen and oxygen atoms in total. The zero-order valence-electron chi connectivity index (χ0n) is 21.1. The number of nitrogens with zero attached hydrogens (tertiary/aromatic N) is 1. The lowest BCUT2D eigenvalue weighted by Gasteiger charge is -2.14. The number of benzene rings is 4. The highest BCUT2D eigenvalue weighted by atomic mass is 16.5. The van der Waals surface area contributed by atoms with E-state index in [-0.39, 0.29) is 23.0 Å². The molecule has 0 fully saturated rings. The number of rotatable bonds is 6. The van der Waals surface area contributed by atoms with Crippen molar-refractivity contribution in [3.63, 3.8) is 0 Å². The third-order valence-electron chi connectivity index (χ3n) is 6.27. The first-order chi connectivity index (χ1) is 18.7.